The first kappa shape index (κ1) is 14.5. The Bertz CT molecular complexity index is 614. The van der Waals surface area contributed by atoms with Crippen LogP contribution in [0.2, 0.25) is 0 Å². The SMILES string of the molecule is Cc1cc2ncn(CCNC(C)C3CCCO3)c2cc1C. The summed E-state index contributed by atoms with van der Waals surface area (Å²) in [6, 6.07) is 4.83. The largest absolute Gasteiger partial charge is 0.377 e. The highest BCUT2D eigenvalue weighted by atomic mass is 16.5. The fourth-order valence-electron chi connectivity index (χ4n) is 3.03. The summed E-state index contributed by atoms with van der Waals surface area (Å²) < 4.78 is 7.95. The van der Waals surface area contributed by atoms with Crippen LogP contribution in [0, 0.1) is 13.8 Å². The Hall–Kier alpha value is -1.39. The van der Waals surface area contributed by atoms with Gasteiger partial charge in [-0.1, -0.05) is 0 Å². The van der Waals surface area contributed by atoms with Gasteiger partial charge < -0.3 is 14.6 Å². The summed E-state index contributed by atoms with van der Waals surface area (Å²) in [5.41, 5.74) is 4.94. The Morgan fingerprint density at radius 1 is 1.38 bits per heavy atom. The molecule has 0 amide bonds. The number of hydrogen-bond donors (Lipinski definition) is 1. The molecule has 4 heteroatoms. The number of nitrogens with zero attached hydrogens (tertiary/aromatic N) is 2. The molecule has 1 aromatic heterocycles. The van der Waals surface area contributed by atoms with Gasteiger partial charge in [-0.3, -0.25) is 0 Å². The van der Waals surface area contributed by atoms with Gasteiger partial charge in [0.05, 0.1) is 23.5 Å². The van der Waals surface area contributed by atoms with Crippen molar-refractivity contribution < 1.29 is 4.74 Å². The summed E-state index contributed by atoms with van der Waals surface area (Å²) in [7, 11) is 0. The van der Waals surface area contributed by atoms with Crippen LogP contribution < -0.4 is 5.32 Å². The molecule has 0 spiro atoms. The van der Waals surface area contributed by atoms with E-state index in [0.717, 1.165) is 25.2 Å². The average Bonchev–Trinajstić information content (AvgIpc) is 3.10. The average molecular weight is 287 g/mol. The molecule has 1 aliphatic heterocycles. The molecule has 2 unspecified atom stereocenters. The molecule has 1 fully saturated rings. The second-order valence-corrected chi connectivity index (χ2v) is 6.16. The van der Waals surface area contributed by atoms with Gasteiger partial charge in [0.2, 0.25) is 0 Å². The number of ether oxygens (including phenoxy) is 1. The van der Waals surface area contributed by atoms with Crippen LogP contribution in [0.5, 0.6) is 0 Å². The molecule has 2 atom stereocenters. The minimum Gasteiger partial charge on any atom is -0.377 e. The highest BCUT2D eigenvalue weighted by Gasteiger charge is 2.21. The Morgan fingerprint density at radius 2 is 2.19 bits per heavy atom. The van der Waals surface area contributed by atoms with Gasteiger partial charge in [0.15, 0.2) is 0 Å². The molecule has 2 heterocycles. The van der Waals surface area contributed by atoms with Gasteiger partial charge >= 0.3 is 0 Å². The summed E-state index contributed by atoms with van der Waals surface area (Å²) in [6.07, 6.45) is 4.71. The topological polar surface area (TPSA) is 39.1 Å². The van der Waals surface area contributed by atoms with Crippen molar-refractivity contribution in [1.82, 2.24) is 14.9 Å². The van der Waals surface area contributed by atoms with Crippen molar-refractivity contribution in [2.75, 3.05) is 13.2 Å². The number of aryl methyl sites for hydroxylation is 2. The molecule has 1 N–H and O–H groups in total. The molecular formula is C17H25N3O. The quantitative estimate of drug-likeness (QED) is 0.919. The third-order valence-corrected chi connectivity index (χ3v) is 4.58. The molecule has 1 saturated heterocycles. The molecule has 1 aromatic carbocycles. The van der Waals surface area contributed by atoms with Crippen LogP contribution in [0.4, 0.5) is 0 Å². The van der Waals surface area contributed by atoms with Gasteiger partial charge in [-0.05, 0) is 56.9 Å². The van der Waals surface area contributed by atoms with E-state index in [4.69, 9.17) is 4.74 Å². The third-order valence-electron chi connectivity index (χ3n) is 4.58. The number of rotatable bonds is 5. The molecule has 4 nitrogen and oxygen atoms in total. The molecular weight excluding hydrogens is 262 g/mol. The monoisotopic (exact) mass is 287 g/mol. The van der Waals surface area contributed by atoms with Crippen molar-refractivity contribution >= 4 is 11.0 Å². The van der Waals surface area contributed by atoms with Crippen molar-refractivity contribution in [2.45, 2.75) is 52.3 Å². The summed E-state index contributed by atoms with van der Waals surface area (Å²) >= 11 is 0. The van der Waals surface area contributed by atoms with Gasteiger partial charge in [0.1, 0.15) is 0 Å². The predicted octanol–water partition coefficient (Wildman–Crippen LogP) is 2.81. The Balaban J connectivity index is 1.61. The molecule has 0 aliphatic carbocycles. The minimum atomic E-state index is 0.384. The Labute approximate surface area is 126 Å². The first-order chi connectivity index (χ1) is 10.1. The summed E-state index contributed by atoms with van der Waals surface area (Å²) in [5, 5.41) is 3.58. The van der Waals surface area contributed by atoms with Crippen LogP contribution >= 0.6 is 0 Å². The zero-order valence-corrected chi connectivity index (χ0v) is 13.2. The maximum absolute atomic E-state index is 5.72. The summed E-state index contributed by atoms with van der Waals surface area (Å²) in [4.78, 5) is 4.51. The van der Waals surface area contributed by atoms with Crippen LogP contribution in [0.15, 0.2) is 18.5 Å². The van der Waals surface area contributed by atoms with E-state index >= 15 is 0 Å². The molecule has 0 saturated carbocycles. The van der Waals surface area contributed by atoms with Crippen molar-refractivity contribution in [1.29, 1.82) is 0 Å². The van der Waals surface area contributed by atoms with Crippen molar-refractivity contribution in [3.05, 3.63) is 29.6 Å². The third kappa shape index (κ3) is 3.11. The first-order valence-electron chi connectivity index (χ1n) is 7.92. The normalized spacial score (nSPS) is 20.2. The highest BCUT2D eigenvalue weighted by molar-refractivity contribution is 5.77. The fraction of sp³-hybridized carbons (Fsp3) is 0.588. The van der Waals surface area contributed by atoms with Gasteiger partial charge in [-0.25, -0.2) is 4.98 Å². The maximum Gasteiger partial charge on any atom is 0.0958 e. The van der Waals surface area contributed by atoms with Crippen LogP contribution in [0.1, 0.15) is 30.9 Å². The summed E-state index contributed by atoms with van der Waals surface area (Å²) in [5.74, 6) is 0. The van der Waals surface area contributed by atoms with E-state index in [0.29, 0.717) is 12.1 Å². The lowest BCUT2D eigenvalue weighted by Crippen LogP contribution is -2.38. The van der Waals surface area contributed by atoms with Crippen LogP contribution in [-0.4, -0.2) is 34.8 Å². The molecule has 21 heavy (non-hydrogen) atoms. The predicted molar refractivity (Wildman–Crippen MR) is 85.6 cm³/mol. The van der Waals surface area contributed by atoms with Gasteiger partial charge in [0.25, 0.3) is 0 Å². The number of benzene rings is 1. The summed E-state index contributed by atoms with van der Waals surface area (Å²) in [6.45, 7) is 9.31. The molecule has 0 bridgehead atoms. The molecule has 114 valence electrons. The van der Waals surface area contributed by atoms with Gasteiger partial charge in [0, 0.05) is 25.7 Å². The zero-order chi connectivity index (χ0) is 14.8. The Morgan fingerprint density at radius 3 is 2.95 bits per heavy atom. The second-order valence-electron chi connectivity index (χ2n) is 6.16. The number of hydrogen-bond acceptors (Lipinski definition) is 3. The minimum absolute atomic E-state index is 0.384. The van der Waals surface area contributed by atoms with Crippen LogP contribution in [0.3, 0.4) is 0 Å². The number of fused-ring (bicyclic) bond motifs is 1. The lowest BCUT2D eigenvalue weighted by Gasteiger charge is -2.20. The fourth-order valence-corrected chi connectivity index (χ4v) is 3.03. The lowest BCUT2D eigenvalue weighted by atomic mass is 10.1. The lowest BCUT2D eigenvalue weighted by molar-refractivity contribution is 0.0835. The number of nitrogens with one attached hydrogen (secondary N) is 1. The molecule has 3 rings (SSSR count). The molecule has 1 aliphatic rings. The van der Waals surface area contributed by atoms with Crippen molar-refractivity contribution in [3.63, 3.8) is 0 Å². The maximum atomic E-state index is 5.72. The smallest absolute Gasteiger partial charge is 0.0958 e. The van der Waals surface area contributed by atoms with Gasteiger partial charge in [-0.15, -0.1) is 0 Å². The zero-order valence-electron chi connectivity index (χ0n) is 13.2. The number of imidazole rings is 1. The van der Waals surface area contributed by atoms with Crippen LogP contribution in [0.25, 0.3) is 11.0 Å². The number of aromatic nitrogens is 2. The van der Waals surface area contributed by atoms with E-state index in [1.54, 1.807) is 0 Å². The van der Waals surface area contributed by atoms with Gasteiger partial charge in [-0.2, -0.15) is 0 Å². The van der Waals surface area contributed by atoms with E-state index in [1.165, 1.54) is 29.5 Å². The van der Waals surface area contributed by atoms with E-state index in [1.807, 2.05) is 6.33 Å². The van der Waals surface area contributed by atoms with Crippen LogP contribution in [-0.2, 0) is 11.3 Å². The Kier molecular flexibility index (Phi) is 4.27. The molecule has 2 aromatic rings. The standard InChI is InChI=1S/C17H25N3O/c1-12-9-15-16(10-13(12)2)20(11-19-15)7-6-18-14(3)17-5-4-8-21-17/h9-11,14,17-18H,4-8H2,1-3H3. The van der Waals surface area contributed by atoms with Crippen molar-refractivity contribution in [2.24, 2.45) is 0 Å². The molecule has 0 radical (unpaired) electrons. The van der Waals surface area contributed by atoms with Crippen molar-refractivity contribution in [3.8, 4) is 0 Å². The highest BCUT2D eigenvalue weighted by Crippen LogP contribution is 2.18. The van der Waals surface area contributed by atoms with E-state index in [9.17, 15) is 0 Å². The van der Waals surface area contributed by atoms with E-state index in [-0.39, 0.29) is 0 Å². The first-order valence-corrected chi connectivity index (χ1v) is 7.92. The van der Waals surface area contributed by atoms with E-state index in [2.05, 4.69) is 47.8 Å². The second kappa shape index (κ2) is 6.16. The van der Waals surface area contributed by atoms with E-state index < -0.39 is 0 Å².